The van der Waals surface area contributed by atoms with Gasteiger partial charge in [0.15, 0.2) is 0 Å². The Balaban J connectivity index is 1.63. The second-order valence-electron chi connectivity index (χ2n) is 5.83. The van der Waals surface area contributed by atoms with Crippen LogP contribution in [0.3, 0.4) is 0 Å². The summed E-state index contributed by atoms with van der Waals surface area (Å²) in [7, 11) is 1.71. The molecule has 0 amide bonds. The highest BCUT2D eigenvalue weighted by Gasteiger charge is 2.13. The minimum Gasteiger partial charge on any atom is -0.497 e. The van der Waals surface area contributed by atoms with Gasteiger partial charge in [-0.1, -0.05) is 31.0 Å². The third-order valence-corrected chi connectivity index (χ3v) is 4.35. The van der Waals surface area contributed by atoms with Crippen LogP contribution in [0.4, 0.5) is 0 Å². The average molecular weight is 269 g/mol. The van der Waals surface area contributed by atoms with Crippen LogP contribution >= 0.6 is 0 Å². The van der Waals surface area contributed by atoms with Crippen molar-refractivity contribution in [2.45, 2.75) is 32.2 Å². The van der Waals surface area contributed by atoms with Crippen LogP contribution in [0.25, 0.3) is 10.8 Å². The molecule has 0 radical (unpaired) electrons. The molecule has 0 heterocycles. The van der Waals surface area contributed by atoms with Gasteiger partial charge in [0, 0.05) is 6.54 Å². The Morgan fingerprint density at radius 1 is 1.05 bits per heavy atom. The molecule has 106 valence electrons. The molecule has 1 aliphatic rings. The fourth-order valence-electron chi connectivity index (χ4n) is 3.15. The summed E-state index contributed by atoms with van der Waals surface area (Å²) in [6.45, 7) is 2.14. The lowest BCUT2D eigenvalue weighted by molar-refractivity contribution is 0.415. The molecule has 0 saturated heterocycles. The molecule has 2 heteroatoms. The van der Waals surface area contributed by atoms with Gasteiger partial charge < -0.3 is 10.1 Å². The molecular formula is C18H23NO. The number of hydrogen-bond acceptors (Lipinski definition) is 2. The molecule has 1 saturated carbocycles. The van der Waals surface area contributed by atoms with Crippen LogP contribution in [-0.4, -0.2) is 13.7 Å². The van der Waals surface area contributed by atoms with Crippen LogP contribution in [0.1, 0.15) is 31.2 Å². The maximum atomic E-state index is 5.26. The van der Waals surface area contributed by atoms with E-state index in [1.165, 1.54) is 48.6 Å². The first-order valence-corrected chi connectivity index (χ1v) is 7.62. The van der Waals surface area contributed by atoms with Crippen LogP contribution in [-0.2, 0) is 6.54 Å². The smallest absolute Gasteiger partial charge is 0.119 e. The molecule has 0 bridgehead atoms. The second kappa shape index (κ2) is 6.27. The predicted molar refractivity (Wildman–Crippen MR) is 84.2 cm³/mol. The van der Waals surface area contributed by atoms with Crippen molar-refractivity contribution in [3.63, 3.8) is 0 Å². The van der Waals surface area contributed by atoms with E-state index in [0.717, 1.165) is 18.2 Å². The van der Waals surface area contributed by atoms with Crippen LogP contribution in [0, 0.1) is 5.92 Å². The molecule has 0 atom stereocenters. The first-order valence-electron chi connectivity index (χ1n) is 7.62. The SMILES string of the molecule is COc1ccc2cc(CNCC3CCCC3)ccc2c1. The molecule has 2 aromatic rings. The van der Waals surface area contributed by atoms with Gasteiger partial charge in [-0.2, -0.15) is 0 Å². The summed E-state index contributed by atoms with van der Waals surface area (Å²) >= 11 is 0. The summed E-state index contributed by atoms with van der Waals surface area (Å²) in [5.41, 5.74) is 1.36. The summed E-state index contributed by atoms with van der Waals surface area (Å²) < 4.78 is 5.26. The number of nitrogens with one attached hydrogen (secondary N) is 1. The number of hydrogen-bond donors (Lipinski definition) is 1. The van der Waals surface area contributed by atoms with E-state index in [0.29, 0.717) is 0 Å². The van der Waals surface area contributed by atoms with Crippen molar-refractivity contribution in [3.8, 4) is 5.75 Å². The summed E-state index contributed by atoms with van der Waals surface area (Å²) in [4.78, 5) is 0. The second-order valence-corrected chi connectivity index (χ2v) is 5.83. The lowest BCUT2D eigenvalue weighted by Gasteiger charge is -2.11. The number of ether oxygens (including phenoxy) is 1. The minimum absolute atomic E-state index is 0.903. The fraction of sp³-hybridized carbons (Fsp3) is 0.444. The Kier molecular flexibility index (Phi) is 4.22. The summed E-state index contributed by atoms with van der Waals surface area (Å²) in [5, 5.41) is 6.13. The Morgan fingerprint density at radius 3 is 2.60 bits per heavy atom. The van der Waals surface area contributed by atoms with Gasteiger partial charge in [-0.15, -0.1) is 0 Å². The van der Waals surface area contributed by atoms with Crippen LogP contribution in [0.2, 0.25) is 0 Å². The minimum atomic E-state index is 0.903. The van der Waals surface area contributed by atoms with Crippen molar-refractivity contribution in [2.75, 3.05) is 13.7 Å². The monoisotopic (exact) mass is 269 g/mol. The molecule has 1 N–H and O–H groups in total. The molecule has 1 aliphatic carbocycles. The van der Waals surface area contributed by atoms with E-state index < -0.39 is 0 Å². The van der Waals surface area contributed by atoms with Crippen molar-refractivity contribution in [3.05, 3.63) is 42.0 Å². The highest BCUT2D eigenvalue weighted by atomic mass is 16.5. The van der Waals surface area contributed by atoms with Crippen molar-refractivity contribution in [1.29, 1.82) is 0 Å². The number of fused-ring (bicyclic) bond motifs is 1. The van der Waals surface area contributed by atoms with E-state index in [1.54, 1.807) is 7.11 Å². The van der Waals surface area contributed by atoms with Gasteiger partial charge in [0.25, 0.3) is 0 Å². The lowest BCUT2D eigenvalue weighted by atomic mass is 10.1. The summed E-state index contributed by atoms with van der Waals surface area (Å²) in [5.74, 6) is 1.82. The normalized spacial score (nSPS) is 15.8. The third-order valence-electron chi connectivity index (χ3n) is 4.35. The molecule has 0 spiro atoms. The molecule has 2 nitrogen and oxygen atoms in total. The van der Waals surface area contributed by atoms with E-state index in [2.05, 4.69) is 35.6 Å². The van der Waals surface area contributed by atoms with E-state index >= 15 is 0 Å². The first-order chi connectivity index (χ1) is 9.85. The van der Waals surface area contributed by atoms with Gasteiger partial charge in [-0.05, 0) is 59.8 Å². The number of benzene rings is 2. The molecule has 1 fully saturated rings. The molecular weight excluding hydrogens is 246 g/mol. The first kappa shape index (κ1) is 13.4. The molecule has 2 aromatic carbocycles. The molecule has 0 aliphatic heterocycles. The van der Waals surface area contributed by atoms with E-state index in [-0.39, 0.29) is 0 Å². The number of rotatable bonds is 5. The summed E-state index contributed by atoms with van der Waals surface area (Å²) in [6, 6.07) is 12.9. The van der Waals surface area contributed by atoms with E-state index in [4.69, 9.17) is 4.74 Å². The highest BCUT2D eigenvalue weighted by molar-refractivity contribution is 5.84. The topological polar surface area (TPSA) is 21.3 Å². The Morgan fingerprint density at radius 2 is 1.80 bits per heavy atom. The zero-order valence-corrected chi connectivity index (χ0v) is 12.2. The van der Waals surface area contributed by atoms with Gasteiger partial charge in [-0.3, -0.25) is 0 Å². The highest BCUT2D eigenvalue weighted by Crippen LogP contribution is 2.24. The van der Waals surface area contributed by atoms with Gasteiger partial charge in [0.1, 0.15) is 5.75 Å². The quantitative estimate of drug-likeness (QED) is 0.881. The van der Waals surface area contributed by atoms with E-state index in [9.17, 15) is 0 Å². The standard InChI is InChI=1S/C18H23NO/c1-20-18-9-8-16-10-15(6-7-17(16)11-18)13-19-12-14-4-2-3-5-14/h6-11,14,19H,2-5,12-13H2,1H3. The molecule has 3 rings (SSSR count). The van der Waals surface area contributed by atoms with Crippen molar-refractivity contribution in [1.82, 2.24) is 5.32 Å². The fourth-order valence-corrected chi connectivity index (χ4v) is 3.15. The summed E-state index contributed by atoms with van der Waals surface area (Å²) in [6.07, 6.45) is 5.66. The maximum absolute atomic E-state index is 5.26. The van der Waals surface area contributed by atoms with Crippen LogP contribution in [0.5, 0.6) is 5.75 Å². The Bertz CT molecular complexity index is 573. The Labute approximate surface area is 121 Å². The van der Waals surface area contributed by atoms with Gasteiger partial charge in [-0.25, -0.2) is 0 Å². The zero-order chi connectivity index (χ0) is 13.8. The lowest BCUT2D eigenvalue weighted by Crippen LogP contribution is -2.20. The largest absolute Gasteiger partial charge is 0.497 e. The Hall–Kier alpha value is -1.54. The van der Waals surface area contributed by atoms with Gasteiger partial charge in [0.05, 0.1) is 7.11 Å². The third kappa shape index (κ3) is 3.13. The molecule has 0 aromatic heterocycles. The van der Waals surface area contributed by atoms with Gasteiger partial charge in [0.2, 0.25) is 0 Å². The average Bonchev–Trinajstić information content (AvgIpc) is 3.00. The van der Waals surface area contributed by atoms with Gasteiger partial charge >= 0.3 is 0 Å². The van der Waals surface area contributed by atoms with Crippen LogP contribution in [0.15, 0.2) is 36.4 Å². The van der Waals surface area contributed by atoms with Crippen molar-refractivity contribution >= 4 is 10.8 Å². The van der Waals surface area contributed by atoms with E-state index in [1.807, 2.05) is 6.07 Å². The maximum Gasteiger partial charge on any atom is 0.119 e. The molecule has 0 unspecified atom stereocenters. The number of methoxy groups -OCH3 is 1. The van der Waals surface area contributed by atoms with Crippen molar-refractivity contribution in [2.24, 2.45) is 5.92 Å². The van der Waals surface area contributed by atoms with Crippen molar-refractivity contribution < 1.29 is 4.74 Å². The van der Waals surface area contributed by atoms with Crippen LogP contribution < -0.4 is 10.1 Å². The molecule has 20 heavy (non-hydrogen) atoms. The predicted octanol–water partition coefficient (Wildman–Crippen LogP) is 4.13. The zero-order valence-electron chi connectivity index (χ0n) is 12.2.